The number of carbonyl (C=O) groups excluding carboxylic acids is 2. The van der Waals surface area contributed by atoms with E-state index in [-0.39, 0.29) is 28.8 Å². The molecule has 198 valence electrons. The molecule has 2 aromatic heterocycles. The van der Waals surface area contributed by atoms with Gasteiger partial charge in [0.15, 0.2) is 21.5 Å². The summed E-state index contributed by atoms with van der Waals surface area (Å²) < 4.78 is 67.1. The molecule has 0 saturated heterocycles. The van der Waals surface area contributed by atoms with Gasteiger partial charge in [0.1, 0.15) is 17.8 Å². The first kappa shape index (κ1) is 27.5. The summed E-state index contributed by atoms with van der Waals surface area (Å²) in [5.41, 5.74) is -0.276. The number of sulfone groups is 1. The molecule has 0 radical (unpaired) electrons. The minimum atomic E-state index is -5.10. The summed E-state index contributed by atoms with van der Waals surface area (Å²) >= 11 is 0. The smallest absolute Gasteiger partial charge is 0.406 e. The highest BCUT2D eigenvalue weighted by Gasteiger charge is 2.32. The standard InChI is InChI=1S/C21H22F3N7O5S/c1-5-30(3)20(33)16-9-26-17(10-25-16)31-18(27-11-28-31)12(2)29-19(32)13-6-14(36-21(22,23)24)8-15(7-13)37(4,34)35/h6-12H,5H2,1-4H3,(H,29,32)/t12-/m0/s1. The zero-order valence-corrected chi connectivity index (χ0v) is 20.8. The maximum atomic E-state index is 12.8. The Kier molecular flexibility index (Phi) is 7.80. The van der Waals surface area contributed by atoms with E-state index < -0.39 is 38.8 Å². The lowest BCUT2D eigenvalue weighted by Gasteiger charge is -2.16. The molecule has 1 atom stereocenters. The van der Waals surface area contributed by atoms with Gasteiger partial charge in [0, 0.05) is 25.4 Å². The zero-order chi connectivity index (χ0) is 27.5. The van der Waals surface area contributed by atoms with Crippen molar-refractivity contribution < 1.29 is 35.9 Å². The molecular formula is C21H22F3N7O5S. The Hall–Kier alpha value is -4.08. The largest absolute Gasteiger partial charge is 0.573 e. The lowest BCUT2D eigenvalue weighted by molar-refractivity contribution is -0.274. The number of hydrogen-bond acceptors (Lipinski definition) is 9. The van der Waals surface area contributed by atoms with E-state index >= 15 is 0 Å². The number of nitrogens with one attached hydrogen (secondary N) is 1. The maximum absolute atomic E-state index is 12.8. The average Bonchev–Trinajstić information content (AvgIpc) is 3.31. The highest BCUT2D eigenvalue weighted by molar-refractivity contribution is 7.90. The summed E-state index contributed by atoms with van der Waals surface area (Å²) in [6.45, 7) is 3.80. The third-order valence-electron chi connectivity index (χ3n) is 5.01. The second-order valence-electron chi connectivity index (χ2n) is 7.82. The SMILES string of the molecule is CCN(C)C(=O)c1cnc(-n2ncnc2[C@H](C)NC(=O)c2cc(OC(F)(F)F)cc(S(C)(=O)=O)c2)cn1. The van der Waals surface area contributed by atoms with Crippen LogP contribution in [0.25, 0.3) is 5.82 Å². The van der Waals surface area contributed by atoms with Crippen LogP contribution in [-0.2, 0) is 9.84 Å². The zero-order valence-electron chi connectivity index (χ0n) is 20.0. The Morgan fingerprint density at radius 1 is 1.16 bits per heavy atom. The van der Waals surface area contributed by atoms with Gasteiger partial charge in [-0.2, -0.15) is 9.78 Å². The van der Waals surface area contributed by atoms with E-state index in [2.05, 4.69) is 30.1 Å². The number of nitrogens with zero attached hydrogens (tertiary/aromatic N) is 6. The van der Waals surface area contributed by atoms with Crippen LogP contribution in [0.3, 0.4) is 0 Å². The van der Waals surface area contributed by atoms with Crippen molar-refractivity contribution in [2.45, 2.75) is 31.1 Å². The Labute approximate surface area is 209 Å². The molecule has 16 heteroatoms. The fourth-order valence-corrected chi connectivity index (χ4v) is 3.73. The second-order valence-corrected chi connectivity index (χ2v) is 9.83. The van der Waals surface area contributed by atoms with E-state index in [1.165, 1.54) is 35.2 Å². The molecule has 2 amide bonds. The fourth-order valence-electron chi connectivity index (χ4n) is 3.06. The maximum Gasteiger partial charge on any atom is 0.573 e. The predicted octanol–water partition coefficient (Wildman–Crippen LogP) is 1.94. The van der Waals surface area contributed by atoms with Gasteiger partial charge in [-0.15, -0.1) is 13.2 Å². The molecule has 37 heavy (non-hydrogen) atoms. The first-order chi connectivity index (χ1) is 17.2. The van der Waals surface area contributed by atoms with Gasteiger partial charge in [0.2, 0.25) is 0 Å². The third-order valence-corrected chi connectivity index (χ3v) is 6.10. The third kappa shape index (κ3) is 6.78. The molecule has 1 N–H and O–H groups in total. The van der Waals surface area contributed by atoms with Crippen LogP contribution >= 0.6 is 0 Å². The number of halogens is 3. The van der Waals surface area contributed by atoms with E-state index in [1.54, 1.807) is 14.0 Å². The Bertz CT molecular complexity index is 1410. The van der Waals surface area contributed by atoms with Crippen molar-refractivity contribution in [2.75, 3.05) is 19.8 Å². The molecule has 2 heterocycles. The van der Waals surface area contributed by atoms with Crippen molar-refractivity contribution >= 4 is 21.7 Å². The van der Waals surface area contributed by atoms with Crippen molar-refractivity contribution in [3.05, 3.63) is 54.0 Å². The minimum absolute atomic E-state index is 0.110. The summed E-state index contributed by atoms with van der Waals surface area (Å²) in [6, 6.07) is 1.51. The van der Waals surface area contributed by atoms with E-state index in [9.17, 15) is 31.2 Å². The van der Waals surface area contributed by atoms with Gasteiger partial charge in [-0.3, -0.25) is 9.59 Å². The lowest BCUT2D eigenvalue weighted by atomic mass is 10.2. The summed E-state index contributed by atoms with van der Waals surface area (Å²) in [7, 11) is -2.35. The number of benzene rings is 1. The van der Waals surface area contributed by atoms with Crippen LogP contribution < -0.4 is 10.1 Å². The van der Waals surface area contributed by atoms with Gasteiger partial charge in [0.05, 0.1) is 23.3 Å². The van der Waals surface area contributed by atoms with Gasteiger partial charge in [0.25, 0.3) is 11.8 Å². The Morgan fingerprint density at radius 3 is 2.43 bits per heavy atom. The van der Waals surface area contributed by atoms with E-state index in [4.69, 9.17) is 0 Å². The molecule has 1 aromatic carbocycles. The molecule has 3 aromatic rings. The molecule has 0 aliphatic carbocycles. The van der Waals surface area contributed by atoms with Crippen LogP contribution in [0, 0.1) is 0 Å². The second kappa shape index (κ2) is 10.5. The summed E-state index contributed by atoms with van der Waals surface area (Å²) in [5, 5.41) is 6.57. The van der Waals surface area contributed by atoms with E-state index in [0.29, 0.717) is 12.6 Å². The number of ether oxygens (including phenoxy) is 1. The predicted molar refractivity (Wildman–Crippen MR) is 122 cm³/mol. The van der Waals surface area contributed by atoms with Gasteiger partial charge in [-0.25, -0.2) is 23.4 Å². The molecule has 0 saturated carbocycles. The number of carbonyl (C=O) groups is 2. The van der Waals surface area contributed by atoms with Crippen LogP contribution in [0.1, 0.15) is 46.6 Å². The first-order valence-corrected chi connectivity index (χ1v) is 12.5. The van der Waals surface area contributed by atoms with Gasteiger partial charge in [-0.1, -0.05) is 0 Å². The molecule has 0 unspecified atom stereocenters. The summed E-state index contributed by atoms with van der Waals surface area (Å²) in [5.74, 6) is -1.72. The topological polar surface area (TPSA) is 149 Å². The first-order valence-electron chi connectivity index (χ1n) is 10.6. The highest BCUT2D eigenvalue weighted by Crippen LogP contribution is 2.27. The van der Waals surface area contributed by atoms with Gasteiger partial charge in [-0.05, 0) is 32.0 Å². The van der Waals surface area contributed by atoms with Crippen LogP contribution in [0.15, 0.2) is 41.8 Å². The van der Waals surface area contributed by atoms with Crippen molar-refractivity contribution in [3.8, 4) is 11.6 Å². The molecule has 0 fully saturated rings. The molecular weight excluding hydrogens is 519 g/mol. The summed E-state index contributed by atoms with van der Waals surface area (Å²) in [4.78, 5) is 38.3. The molecule has 12 nitrogen and oxygen atoms in total. The monoisotopic (exact) mass is 541 g/mol. The number of alkyl halides is 3. The van der Waals surface area contributed by atoms with Crippen molar-refractivity contribution in [1.82, 2.24) is 34.9 Å². The molecule has 0 aliphatic rings. The number of hydrogen-bond donors (Lipinski definition) is 1. The number of aromatic nitrogens is 5. The lowest BCUT2D eigenvalue weighted by Crippen LogP contribution is -2.29. The van der Waals surface area contributed by atoms with Crippen molar-refractivity contribution in [2.24, 2.45) is 0 Å². The molecule has 0 bridgehead atoms. The quantitative estimate of drug-likeness (QED) is 0.451. The molecule has 0 aliphatic heterocycles. The minimum Gasteiger partial charge on any atom is -0.406 e. The Morgan fingerprint density at radius 2 is 1.86 bits per heavy atom. The Balaban J connectivity index is 1.86. The number of amides is 2. The average molecular weight is 542 g/mol. The number of rotatable bonds is 8. The fraction of sp³-hybridized carbons (Fsp3) is 0.333. The van der Waals surface area contributed by atoms with E-state index in [1.807, 2.05) is 0 Å². The van der Waals surface area contributed by atoms with Crippen LogP contribution in [0.5, 0.6) is 5.75 Å². The van der Waals surface area contributed by atoms with Crippen LogP contribution in [-0.4, -0.2) is 76.1 Å². The van der Waals surface area contributed by atoms with Gasteiger partial charge >= 0.3 is 6.36 Å². The van der Waals surface area contributed by atoms with Crippen molar-refractivity contribution in [3.63, 3.8) is 0 Å². The molecule has 3 rings (SSSR count). The normalized spacial score (nSPS) is 12.6. The molecule has 0 spiro atoms. The summed E-state index contributed by atoms with van der Waals surface area (Å²) in [6.07, 6.45) is -0.576. The van der Waals surface area contributed by atoms with Crippen LogP contribution in [0.2, 0.25) is 0 Å². The van der Waals surface area contributed by atoms with E-state index in [0.717, 1.165) is 18.4 Å². The van der Waals surface area contributed by atoms with Crippen molar-refractivity contribution in [1.29, 1.82) is 0 Å². The highest BCUT2D eigenvalue weighted by atomic mass is 32.2. The van der Waals surface area contributed by atoms with Gasteiger partial charge < -0.3 is 15.0 Å². The van der Waals surface area contributed by atoms with Crippen LogP contribution in [0.4, 0.5) is 13.2 Å².